The lowest BCUT2D eigenvalue weighted by Crippen LogP contribution is -2.22. The van der Waals surface area contributed by atoms with E-state index in [1.807, 2.05) is 37.4 Å². The molecule has 0 bridgehead atoms. The molecule has 1 atom stereocenters. The minimum Gasteiger partial charge on any atom is -0.353 e. The molecule has 0 aliphatic carbocycles. The fourth-order valence-corrected chi connectivity index (χ4v) is 1.97. The van der Waals surface area contributed by atoms with Crippen LogP contribution in [-0.4, -0.2) is 18.3 Å². The van der Waals surface area contributed by atoms with Crippen molar-refractivity contribution >= 4 is 23.7 Å². The number of halogens is 1. The lowest BCUT2D eigenvalue weighted by molar-refractivity contribution is 0.112. The Morgan fingerprint density at radius 1 is 1.21 bits per heavy atom. The summed E-state index contributed by atoms with van der Waals surface area (Å²) < 4.78 is 0. The third kappa shape index (κ3) is 3.12. The van der Waals surface area contributed by atoms with Gasteiger partial charge in [0.15, 0.2) is 6.29 Å². The molecule has 0 amide bonds. The van der Waals surface area contributed by atoms with Crippen molar-refractivity contribution < 1.29 is 4.79 Å². The van der Waals surface area contributed by atoms with Crippen LogP contribution in [0.25, 0.3) is 0 Å². The molecule has 1 heterocycles. The zero-order chi connectivity index (χ0) is 13.8. The van der Waals surface area contributed by atoms with E-state index in [1.165, 1.54) is 0 Å². The van der Waals surface area contributed by atoms with Crippen LogP contribution in [0.5, 0.6) is 0 Å². The Balaban J connectivity index is 2.19. The molecule has 19 heavy (non-hydrogen) atoms. The fraction of sp³-hybridized carbons (Fsp3) is 0.200. The molecule has 0 fully saturated rings. The normalized spacial score (nSPS) is 11.9. The van der Waals surface area contributed by atoms with Crippen molar-refractivity contribution in [1.82, 2.24) is 4.98 Å². The Morgan fingerprint density at radius 3 is 2.42 bits per heavy atom. The number of aldehydes is 1. The Hall–Kier alpha value is -1.87. The van der Waals surface area contributed by atoms with Gasteiger partial charge in [-0.1, -0.05) is 23.7 Å². The maximum Gasteiger partial charge on any atom is 0.151 e. The van der Waals surface area contributed by atoms with E-state index in [2.05, 4.69) is 16.8 Å². The number of hydrogen-bond acceptors (Lipinski definition) is 3. The molecule has 2 rings (SSSR count). The Labute approximate surface area is 117 Å². The summed E-state index contributed by atoms with van der Waals surface area (Å²) in [4.78, 5) is 16.9. The standard InChI is InChI=1S/C15H15ClN2O/c1-11(13-4-6-14(16)7-5-13)18(2)15-8-3-12(10-19)9-17-15/h3-11H,1-2H3. The van der Waals surface area contributed by atoms with Gasteiger partial charge in [0, 0.05) is 23.8 Å². The lowest BCUT2D eigenvalue weighted by atomic mass is 10.1. The van der Waals surface area contributed by atoms with E-state index in [4.69, 9.17) is 11.6 Å². The molecular weight excluding hydrogens is 260 g/mol. The Kier molecular flexibility index (Phi) is 4.17. The Bertz CT molecular complexity index is 551. The van der Waals surface area contributed by atoms with Crippen LogP contribution in [0.1, 0.15) is 28.9 Å². The van der Waals surface area contributed by atoms with E-state index in [0.29, 0.717) is 5.56 Å². The summed E-state index contributed by atoms with van der Waals surface area (Å²) in [5.74, 6) is 0.827. The SMILES string of the molecule is CC(c1ccc(Cl)cc1)N(C)c1ccc(C=O)cn1. The van der Waals surface area contributed by atoms with Gasteiger partial charge in [-0.15, -0.1) is 0 Å². The molecule has 0 aliphatic rings. The van der Waals surface area contributed by atoms with Crippen molar-refractivity contribution in [2.45, 2.75) is 13.0 Å². The first-order valence-electron chi connectivity index (χ1n) is 6.01. The fourth-order valence-electron chi connectivity index (χ4n) is 1.84. The summed E-state index contributed by atoms with van der Waals surface area (Å²) in [5.41, 5.74) is 1.74. The van der Waals surface area contributed by atoms with Gasteiger partial charge >= 0.3 is 0 Å². The van der Waals surface area contributed by atoms with Crippen LogP contribution in [0.2, 0.25) is 5.02 Å². The second kappa shape index (κ2) is 5.85. The van der Waals surface area contributed by atoms with Crippen LogP contribution < -0.4 is 4.90 Å². The van der Waals surface area contributed by atoms with Crippen molar-refractivity contribution in [2.75, 3.05) is 11.9 Å². The molecule has 2 aromatic rings. The van der Waals surface area contributed by atoms with Crippen molar-refractivity contribution in [2.24, 2.45) is 0 Å². The summed E-state index contributed by atoms with van der Waals surface area (Å²) >= 11 is 5.89. The van der Waals surface area contributed by atoms with Crippen molar-refractivity contribution in [3.8, 4) is 0 Å². The van der Waals surface area contributed by atoms with Crippen LogP contribution in [-0.2, 0) is 0 Å². The van der Waals surface area contributed by atoms with Crippen LogP contribution in [0, 0.1) is 0 Å². The predicted molar refractivity (Wildman–Crippen MR) is 77.9 cm³/mol. The lowest BCUT2D eigenvalue weighted by Gasteiger charge is -2.26. The Morgan fingerprint density at radius 2 is 1.89 bits per heavy atom. The number of benzene rings is 1. The zero-order valence-electron chi connectivity index (χ0n) is 10.9. The predicted octanol–water partition coefficient (Wildman–Crippen LogP) is 3.74. The molecule has 0 radical (unpaired) electrons. The summed E-state index contributed by atoms with van der Waals surface area (Å²) in [6.45, 7) is 2.10. The maximum atomic E-state index is 10.6. The highest BCUT2D eigenvalue weighted by Gasteiger charge is 2.13. The molecule has 3 nitrogen and oxygen atoms in total. The minimum atomic E-state index is 0.173. The summed E-state index contributed by atoms with van der Waals surface area (Å²) in [6.07, 6.45) is 2.37. The zero-order valence-corrected chi connectivity index (χ0v) is 11.6. The second-order valence-corrected chi connectivity index (χ2v) is 4.84. The first-order valence-corrected chi connectivity index (χ1v) is 6.39. The third-order valence-electron chi connectivity index (χ3n) is 3.20. The van der Waals surface area contributed by atoms with Gasteiger partial charge in [-0.2, -0.15) is 0 Å². The van der Waals surface area contributed by atoms with E-state index in [-0.39, 0.29) is 6.04 Å². The molecule has 98 valence electrons. The van der Waals surface area contributed by atoms with Gasteiger partial charge in [0.25, 0.3) is 0 Å². The van der Waals surface area contributed by atoms with Gasteiger partial charge in [-0.05, 0) is 36.8 Å². The van der Waals surface area contributed by atoms with Gasteiger partial charge in [-0.25, -0.2) is 4.98 Å². The second-order valence-electron chi connectivity index (χ2n) is 4.41. The smallest absolute Gasteiger partial charge is 0.151 e. The van der Waals surface area contributed by atoms with Crippen LogP contribution in [0.15, 0.2) is 42.6 Å². The van der Waals surface area contributed by atoms with Crippen molar-refractivity contribution in [3.63, 3.8) is 0 Å². The molecule has 0 aliphatic heterocycles. The van der Waals surface area contributed by atoms with E-state index >= 15 is 0 Å². The first-order chi connectivity index (χ1) is 9.11. The van der Waals surface area contributed by atoms with Gasteiger partial charge in [0.1, 0.15) is 5.82 Å². The van der Waals surface area contributed by atoms with Crippen LogP contribution >= 0.6 is 11.6 Å². The van der Waals surface area contributed by atoms with Gasteiger partial charge in [-0.3, -0.25) is 4.79 Å². The van der Waals surface area contributed by atoms with Crippen molar-refractivity contribution in [1.29, 1.82) is 0 Å². The molecule has 1 aromatic heterocycles. The third-order valence-corrected chi connectivity index (χ3v) is 3.45. The van der Waals surface area contributed by atoms with Crippen LogP contribution in [0.4, 0.5) is 5.82 Å². The van der Waals surface area contributed by atoms with Gasteiger partial charge in [0.2, 0.25) is 0 Å². The quantitative estimate of drug-likeness (QED) is 0.796. The number of rotatable bonds is 4. The van der Waals surface area contributed by atoms with E-state index < -0.39 is 0 Å². The number of carbonyl (C=O) groups is 1. The monoisotopic (exact) mass is 274 g/mol. The summed E-state index contributed by atoms with van der Waals surface area (Å²) in [7, 11) is 1.97. The van der Waals surface area contributed by atoms with E-state index in [0.717, 1.165) is 22.7 Å². The molecule has 0 saturated carbocycles. The number of pyridine rings is 1. The van der Waals surface area contributed by atoms with E-state index in [1.54, 1.807) is 12.3 Å². The average Bonchev–Trinajstić information content (AvgIpc) is 2.46. The number of hydrogen-bond donors (Lipinski definition) is 0. The molecule has 1 unspecified atom stereocenters. The average molecular weight is 275 g/mol. The van der Waals surface area contributed by atoms with Crippen LogP contribution in [0.3, 0.4) is 0 Å². The first kappa shape index (κ1) is 13.6. The molecule has 0 saturated heterocycles. The van der Waals surface area contributed by atoms with Gasteiger partial charge < -0.3 is 4.90 Å². The molecular formula is C15H15ClN2O. The summed E-state index contributed by atoms with van der Waals surface area (Å²) in [6, 6.07) is 11.5. The number of aromatic nitrogens is 1. The molecule has 0 N–H and O–H groups in total. The number of anilines is 1. The summed E-state index contributed by atoms with van der Waals surface area (Å²) in [5, 5.41) is 0.729. The van der Waals surface area contributed by atoms with E-state index in [9.17, 15) is 4.79 Å². The van der Waals surface area contributed by atoms with Crippen molar-refractivity contribution in [3.05, 3.63) is 58.7 Å². The topological polar surface area (TPSA) is 33.2 Å². The largest absolute Gasteiger partial charge is 0.353 e. The van der Waals surface area contributed by atoms with Gasteiger partial charge in [0.05, 0.1) is 6.04 Å². The maximum absolute atomic E-state index is 10.6. The number of nitrogens with zero attached hydrogens (tertiary/aromatic N) is 2. The highest BCUT2D eigenvalue weighted by molar-refractivity contribution is 6.30. The highest BCUT2D eigenvalue weighted by atomic mass is 35.5. The molecule has 1 aromatic carbocycles. The molecule has 0 spiro atoms. The molecule has 4 heteroatoms. The number of carbonyl (C=O) groups excluding carboxylic acids is 1. The minimum absolute atomic E-state index is 0.173. The highest BCUT2D eigenvalue weighted by Crippen LogP contribution is 2.24.